The number of aliphatic hydroxyl groups excluding tert-OH is 4. The van der Waals surface area contributed by atoms with Crippen LogP contribution in [0.3, 0.4) is 0 Å². The van der Waals surface area contributed by atoms with Gasteiger partial charge in [-0.15, -0.1) is 0 Å². The number of carboxylic acid groups (broad SMARTS) is 2. The molecule has 0 amide bonds. The second-order valence-corrected chi connectivity index (χ2v) is 6.54. The zero-order valence-electron chi connectivity index (χ0n) is 16.7. The molecule has 11 heteroatoms. The van der Waals surface area contributed by atoms with Crippen molar-refractivity contribution in [2.45, 2.75) is 0 Å². The lowest BCUT2D eigenvalue weighted by Crippen LogP contribution is -2.47. The lowest BCUT2D eigenvalue weighted by Gasteiger charge is -2.33. The van der Waals surface area contributed by atoms with Crippen molar-refractivity contribution >= 4 is 6.16 Å². The van der Waals surface area contributed by atoms with Crippen LogP contribution in [0.4, 0.5) is 4.79 Å². The molecule has 168 valence electrons. The van der Waals surface area contributed by atoms with E-state index >= 15 is 0 Å². The van der Waals surface area contributed by atoms with Crippen LogP contribution < -0.4 is 0 Å². The number of piperazine rings is 2. The third kappa shape index (κ3) is 14.9. The molecule has 2 fully saturated rings. The van der Waals surface area contributed by atoms with E-state index in [-0.39, 0.29) is 26.4 Å². The first-order chi connectivity index (χ1) is 13.5. The highest BCUT2D eigenvalue weighted by Gasteiger charge is 2.15. The topological polar surface area (TPSA) is 151 Å². The standard InChI is InChI=1S/2C8H18N2O2.CH2O3/c2*11-7-5-9-1-2-10(4-3-9)6-8-12;2-1(3)4/h2*11-12H,1-8H2;(H2,2,3,4). The zero-order valence-corrected chi connectivity index (χ0v) is 16.7. The Hall–Kier alpha value is -1.05. The van der Waals surface area contributed by atoms with Crippen molar-refractivity contribution in [1.82, 2.24) is 19.6 Å². The summed E-state index contributed by atoms with van der Waals surface area (Å²) in [4.78, 5) is 17.5. The summed E-state index contributed by atoms with van der Waals surface area (Å²) in [6, 6.07) is 0. The fraction of sp³-hybridized carbons (Fsp3) is 0.941. The first-order valence-corrected chi connectivity index (χ1v) is 9.71. The van der Waals surface area contributed by atoms with Crippen molar-refractivity contribution in [3.05, 3.63) is 0 Å². The van der Waals surface area contributed by atoms with Crippen molar-refractivity contribution in [3.63, 3.8) is 0 Å². The summed E-state index contributed by atoms with van der Waals surface area (Å²) >= 11 is 0. The van der Waals surface area contributed by atoms with Crippen LogP contribution in [0.2, 0.25) is 0 Å². The molecule has 2 aliphatic rings. The van der Waals surface area contributed by atoms with E-state index in [9.17, 15) is 0 Å². The summed E-state index contributed by atoms with van der Waals surface area (Å²) in [5.74, 6) is 0. The SMILES string of the molecule is O=C(O)O.OCCN1CCN(CCO)CC1.OCCN1CCN(CCO)CC1. The van der Waals surface area contributed by atoms with Crippen LogP contribution in [-0.4, -0.2) is 161 Å². The number of nitrogens with zero attached hydrogens (tertiary/aromatic N) is 4. The van der Waals surface area contributed by atoms with Gasteiger partial charge in [-0.2, -0.15) is 0 Å². The number of carbonyl (C=O) groups is 1. The maximum absolute atomic E-state index is 8.69. The molecule has 0 aromatic heterocycles. The highest BCUT2D eigenvalue weighted by Crippen LogP contribution is 2.00. The molecule has 11 nitrogen and oxygen atoms in total. The van der Waals surface area contributed by atoms with E-state index < -0.39 is 6.16 Å². The largest absolute Gasteiger partial charge is 0.503 e. The lowest BCUT2D eigenvalue weighted by atomic mass is 10.3. The first kappa shape index (κ1) is 27.0. The summed E-state index contributed by atoms with van der Waals surface area (Å²) < 4.78 is 0. The van der Waals surface area contributed by atoms with Crippen LogP contribution in [0.15, 0.2) is 0 Å². The highest BCUT2D eigenvalue weighted by molar-refractivity contribution is 5.53. The quantitative estimate of drug-likeness (QED) is 0.250. The minimum atomic E-state index is -1.83. The third-order valence-corrected chi connectivity index (χ3v) is 4.59. The van der Waals surface area contributed by atoms with Crippen molar-refractivity contribution < 1.29 is 35.4 Å². The van der Waals surface area contributed by atoms with E-state index in [0.717, 1.165) is 78.5 Å². The van der Waals surface area contributed by atoms with E-state index in [4.69, 9.17) is 35.4 Å². The minimum Gasteiger partial charge on any atom is -0.450 e. The van der Waals surface area contributed by atoms with Crippen LogP contribution in [0, 0.1) is 0 Å². The van der Waals surface area contributed by atoms with E-state index in [1.165, 1.54) is 0 Å². The summed E-state index contributed by atoms with van der Waals surface area (Å²) in [6.07, 6.45) is -1.83. The maximum Gasteiger partial charge on any atom is 0.503 e. The van der Waals surface area contributed by atoms with Crippen LogP contribution in [0.25, 0.3) is 0 Å². The van der Waals surface area contributed by atoms with E-state index in [0.29, 0.717) is 0 Å². The van der Waals surface area contributed by atoms with Crippen molar-refractivity contribution in [1.29, 1.82) is 0 Å². The molecule has 0 aliphatic carbocycles. The van der Waals surface area contributed by atoms with Crippen LogP contribution in [0.1, 0.15) is 0 Å². The van der Waals surface area contributed by atoms with Crippen LogP contribution >= 0.6 is 0 Å². The van der Waals surface area contributed by atoms with Gasteiger partial charge in [-0.05, 0) is 0 Å². The smallest absolute Gasteiger partial charge is 0.450 e. The molecule has 2 rings (SSSR count). The molecule has 0 aromatic rings. The Morgan fingerprint density at radius 2 is 0.643 bits per heavy atom. The van der Waals surface area contributed by atoms with Gasteiger partial charge in [0.15, 0.2) is 0 Å². The van der Waals surface area contributed by atoms with Gasteiger partial charge in [0, 0.05) is 78.5 Å². The van der Waals surface area contributed by atoms with Gasteiger partial charge < -0.3 is 30.6 Å². The fourth-order valence-corrected chi connectivity index (χ4v) is 3.04. The van der Waals surface area contributed by atoms with Gasteiger partial charge in [0.25, 0.3) is 0 Å². The Labute approximate surface area is 167 Å². The fourth-order valence-electron chi connectivity index (χ4n) is 3.04. The highest BCUT2D eigenvalue weighted by atomic mass is 16.6. The molecule has 0 spiro atoms. The van der Waals surface area contributed by atoms with Crippen LogP contribution in [0.5, 0.6) is 0 Å². The van der Waals surface area contributed by atoms with E-state index in [1.54, 1.807) is 0 Å². The Balaban J connectivity index is 0.000000439. The maximum atomic E-state index is 8.69. The number of hydrogen-bond donors (Lipinski definition) is 6. The molecule has 0 saturated carbocycles. The molecule has 0 radical (unpaired) electrons. The molecule has 28 heavy (non-hydrogen) atoms. The number of rotatable bonds is 8. The van der Waals surface area contributed by atoms with E-state index in [1.807, 2.05) is 0 Å². The molecular weight excluding hydrogens is 372 g/mol. The predicted octanol–water partition coefficient (Wildman–Crippen LogP) is -2.60. The van der Waals surface area contributed by atoms with Crippen LogP contribution in [-0.2, 0) is 0 Å². The summed E-state index contributed by atoms with van der Waals surface area (Å²) in [6.45, 7) is 12.3. The van der Waals surface area contributed by atoms with Crippen molar-refractivity contribution in [3.8, 4) is 0 Å². The Kier molecular flexibility index (Phi) is 17.3. The normalized spacial score (nSPS) is 19.3. The van der Waals surface area contributed by atoms with Gasteiger partial charge in [-0.3, -0.25) is 19.6 Å². The molecule has 2 saturated heterocycles. The van der Waals surface area contributed by atoms with Crippen molar-refractivity contribution in [2.75, 3.05) is 105 Å². The number of aliphatic hydroxyl groups is 4. The van der Waals surface area contributed by atoms with Gasteiger partial charge in [-0.25, -0.2) is 4.79 Å². The summed E-state index contributed by atoms with van der Waals surface area (Å²) in [5.41, 5.74) is 0. The molecule has 2 heterocycles. The lowest BCUT2D eigenvalue weighted by molar-refractivity contribution is 0.0984. The first-order valence-electron chi connectivity index (χ1n) is 9.71. The van der Waals surface area contributed by atoms with Crippen molar-refractivity contribution in [2.24, 2.45) is 0 Å². The minimum absolute atomic E-state index is 0.250. The van der Waals surface area contributed by atoms with Gasteiger partial charge in [-0.1, -0.05) is 0 Å². The Morgan fingerprint density at radius 1 is 0.500 bits per heavy atom. The van der Waals surface area contributed by atoms with Gasteiger partial charge in [0.2, 0.25) is 0 Å². The molecule has 0 bridgehead atoms. The molecule has 2 aliphatic heterocycles. The second-order valence-electron chi connectivity index (χ2n) is 6.54. The number of β-amino-alcohol motifs (C(OH)–C–C–N with tert-alkyl or cyclic N) is 4. The van der Waals surface area contributed by atoms with Gasteiger partial charge in [0.1, 0.15) is 0 Å². The Bertz CT molecular complexity index is 303. The third-order valence-electron chi connectivity index (χ3n) is 4.59. The average Bonchev–Trinajstić information content (AvgIpc) is 2.66. The summed E-state index contributed by atoms with van der Waals surface area (Å²) in [7, 11) is 0. The number of hydrogen-bond acceptors (Lipinski definition) is 9. The van der Waals surface area contributed by atoms with Gasteiger partial charge in [0.05, 0.1) is 26.4 Å². The molecule has 0 aromatic carbocycles. The molecular formula is C17H38N4O7. The van der Waals surface area contributed by atoms with E-state index in [2.05, 4.69) is 19.6 Å². The molecule has 6 N–H and O–H groups in total. The second kappa shape index (κ2) is 18.0. The molecule has 0 unspecified atom stereocenters. The predicted molar refractivity (Wildman–Crippen MR) is 105 cm³/mol. The Morgan fingerprint density at radius 3 is 0.750 bits per heavy atom. The molecule has 0 atom stereocenters. The van der Waals surface area contributed by atoms with Gasteiger partial charge >= 0.3 is 6.16 Å². The average molecular weight is 411 g/mol. The monoisotopic (exact) mass is 410 g/mol. The zero-order chi connectivity index (χ0) is 21.2. The summed E-state index contributed by atoms with van der Waals surface area (Å²) in [5, 5.41) is 48.7.